The molecule has 9 heteroatoms. The van der Waals surface area contributed by atoms with Crippen molar-refractivity contribution in [3.8, 4) is 0 Å². The van der Waals surface area contributed by atoms with E-state index in [1.807, 2.05) is 13.1 Å². The zero-order valence-corrected chi connectivity index (χ0v) is 13.8. The number of halogens is 1. The van der Waals surface area contributed by atoms with Crippen LogP contribution in [0.25, 0.3) is 0 Å². The predicted molar refractivity (Wildman–Crippen MR) is 81.3 cm³/mol. The van der Waals surface area contributed by atoms with Crippen molar-refractivity contribution in [2.45, 2.75) is 26.6 Å². The molecule has 0 unspecified atom stereocenters. The molecule has 2 heterocycles. The minimum Gasteiger partial charge on any atom is -0.476 e. The lowest BCUT2D eigenvalue weighted by Crippen LogP contribution is -2.30. The highest BCUT2D eigenvalue weighted by molar-refractivity contribution is 9.10. The third-order valence-electron chi connectivity index (χ3n) is 3.08. The average molecular weight is 370 g/mol. The molecule has 8 nitrogen and oxygen atoms in total. The van der Waals surface area contributed by atoms with Crippen LogP contribution in [-0.4, -0.2) is 48.5 Å². The number of aromatic nitrogens is 4. The summed E-state index contributed by atoms with van der Waals surface area (Å²) in [5, 5.41) is 17.0. The van der Waals surface area contributed by atoms with Crippen LogP contribution in [0.1, 0.15) is 23.1 Å². The van der Waals surface area contributed by atoms with Gasteiger partial charge in [-0.25, -0.2) is 4.79 Å². The molecule has 0 aromatic carbocycles. The summed E-state index contributed by atoms with van der Waals surface area (Å²) in [4.78, 5) is 24.4. The molecule has 0 aliphatic heterocycles. The second kappa shape index (κ2) is 6.73. The Labute approximate surface area is 135 Å². The highest BCUT2D eigenvalue weighted by atomic mass is 79.9. The van der Waals surface area contributed by atoms with Crippen LogP contribution in [0, 0.1) is 0 Å². The van der Waals surface area contributed by atoms with Crippen LogP contribution in [0.15, 0.2) is 22.9 Å². The number of hydrogen-bond acceptors (Lipinski definition) is 4. The quantitative estimate of drug-likeness (QED) is 0.825. The number of hydrogen-bond donors (Lipinski definition) is 1. The Kier molecular flexibility index (Phi) is 4.96. The van der Waals surface area contributed by atoms with Gasteiger partial charge in [-0.3, -0.25) is 14.2 Å². The first-order valence-corrected chi connectivity index (χ1v) is 7.42. The molecule has 0 atom stereocenters. The molecule has 2 aromatic heterocycles. The predicted octanol–water partition coefficient (Wildman–Crippen LogP) is 1.22. The van der Waals surface area contributed by atoms with E-state index in [4.69, 9.17) is 5.11 Å². The number of carboxylic acids is 1. The first-order valence-electron chi connectivity index (χ1n) is 6.63. The number of aryl methyl sites for hydroxylation is 1. The van der Waals surface area contributed by atoms with Crippen LogP contribution in [0.5, 0.6) is 0 Å². The maximum atomic E-state index is 12.2. The molecule has 22 heavy (non-hydrogen) atoms. The van der Waals surface area contributed by atoms with Crippen LogP contribution < -0.4 is 0 Å². The molecule has 0 aliphatic carbocycles. The highest BCUT2D eigenvalue weighted by Gasteiger charge is 2.15. The summed E-state index contributed by atoms with van der Waals surface area (Å²) < 4.78 is 3.94. The molecule has 0 spiro atoms. The third kappa shape index (κ3) is 3.73. The molecule has 2 aromatic rings. The molecular weight excluding hydrogens is 354 g/mol. The molecular formula is C13H16BrN5O3. The van der Waals surface area contributed by atoms with Gasteiger partial charge in [-0.05, 0) is 28.9 Å². The van der Waals surface area contributed by atoms with Crippen molar-refractivity contribution >= 4 is 27.8 Å². The number of nitrogens with zero attached hydrogens (tertiary/aromatic N) is 5. The molecule has 118 valence electrons. The van der Waals surface area contributed by atoms with E-state index in [0.717, 1.165) is 16.7 Å². The first kappa shape index (κ1) is 16.2. The van der Waals surface area contributed by atoms with Gasteiger partial charge in [0.05, 0.1) is 16.7 Å². The molecule has 2 rings (SSSR count). The van der Waals surface area contributed by atoms with E-state index >= 15 is 0 Å². The van der Waals surface area contributed by atoms with Crippen molar-refractivity contribution in [3.05, 3.63) is 34.3 Å². The Morgan fingerprint density at radius 2 is 2.09 bits per heavy atom. The average Bonchev–Trinajstić information content (AvgIpc) is 3.06. The van der Waals surface area contributed by atoms with Crippen molar-refractivity contribution in [3.63, 3.8) is 0 Å². The van der Waals surface area contributed by atoms with Crippen LogP contribution in [0.3, 0.4) is 0 Å². The number of amides is 1. The Balaban J connectivity index is 1.99. The lowest BCUT2D eigenvalue weighted by Gasteiger charge is -2.16. The van der Waals surface area contributed by atoms with Gasteiger partial charge in [0.25, 0.3) is 0 Å². The summed E-state index contributed by atoms with van der Waals surface area (Å²) in [5.74, 6) is -1.30. The number of carbonyl (C=O) groups is 2. The van der Waals surface area contributed by atoms with Crippen molar-refractivity contribution in [1.29, 1.82) is 0 Å². The lowest BCUT2D eigenvalue weighted by atomic mass is 10.4. The van der Waals surface area contributed by atoms with Crippen molar-refractivity contribution in [1.82, 2.24) is 24.5 Å². The largest absolute Gasteiger partial charge is 0.476 e. The van der Waals surface area contributed by atoms with Crippen molar-refractivity contribution in [2.75, 3.05) is 7.05 Å². The van der Waals surface area contributed by atoms with Gasteiger partial charge in [-0.1, -0.05) is 0 Å². The van der Waals surface area contributed by atoms with Crippen molar-refractivity contribution in [2.24, 2.45) is 0 Å². The van der Waals surface area contributed by atoms with Gasteiger partial charge in [0.2, 0.25) is 5.91 Å². The minimum atomic E-state index is -1.12. The summed E-state index contributed by atoms with van der Waals surface area (Å²) >= 11 is 3.42. The Bertz CT molecular complexity index is 694. The van der Waals surface area contributed by atoms with E-state index in [1.54, 1.807) is 11.7 Å². The molecule has 0 fully saturated rings. The fourth-order valence-corrected chi connectivity index (χ4v) is 2.28. The number of carboxylic acid groups (broad SMARTS) is 1. The van der Waals surface area contributed by atoms with E-state index in [9.17, 15) is 9.59 Å². The topological polar surface area (TPSA) is 93.2 Å². The minimum absolute atomic E-state index is 0.0180. The second-order valence-corrected chi connectivity index (χ2v) is 5.59. The lowest BCUT2D eigenvalue weighted by molar-refractivity contribution is -0.131. The molecule has 0 aliphatic rings. The van der Waals surface area contributed by atoms with Gasteiger partial charge >= 0.3 is 5.97 Å². The number of likely N-dealkylation sites (N-methyl/N-ethyl adjacent to an activating group) is 1. The summed E-state index contributed by atoms with van der Waals surface area (Å²) in [7, 11) is 1.67. The Morgan fingerprint density at radius 1 is 1.36 bits per heavy atom. The molecule has 0 bridgehead atoms. The van der Waals surface area contributed by atoms with Gasteiger partial charge in [-0.2, -0.15) is 10.2 Å². The molecule has 0 saturated carbocycles. The van der Waals surface area contributed by atoms with E-state index in [0.29, 0.717) is 6.54 Å². The van der Waals surface area contributed by atoms with Crippen LogP contribution in [0.2, 0.25) is 0 Å². The summed E-state index contributed by atoms with van der Waals surface area (Å²) in [6.45, 7) is 3.08. The van der Waals surface area contributed by atoms with Crippen LogP contribution in [-0.2, 0) is 24.4 Å². The number of carbonyl (C=O) groups excluding carboxylic acids is 1. The smallest absolute Gasteiger partial charge is 0.356 e. The fourth-order valence-electron chi connectivity index (χ4n) is 1.84. The van der Waals surface area contributed by atoms with Gasteiger partial charge in [0.1, 0.15) is 6.54 Å². The maximum absolute atomic E-state index is 12.2. The standard InChI is InChI=1S/C13H16BrN5O3/c1-3-18-6-9(14)11(16-18)7-17(2)12(20)8-19-5-4-10(15-19)13(21)22/h4-6H,3,7-8H2,1-2H3,(H,21,22). The monoisotopic (exact) mass is 369 g/mol. The normalized spacial score (nSPS) is 10.7. The molecule has 1 N–H and O–H groups in total. The van der Waals surface area contributed by atoms with E-state index < -0.39 is 5.97 Å². The Morgan fingerprint density at radius 3 is 2.64 bits per heavy atom. The van der Waals surface area contributed by atoms with Gasteiger partial charge in [0.15, 0.2) is 5.69 Å². The molecule has 0 saturated heterocycles. The number of aromatic carboxylic acids is 1. The summed E-state index contributed by atoms with van der Waals surface area (Å²) in [6, 6.07) is 1.36. The third-order valence-corrected chi connectivity index (χ3v) is 3.74. The second-order valence-electron chi connectivity index (χ2n) is 4.73. The van der Waals surface area contributed by atoms with Crippen LogP contribution >= 0.6 is 15.9 Å². The van der Waals surface area contributed by atoms with E-state index in [2.05, 4.69) is 26.1 Å². The number of rotatable bonds is 6. The zero-order chi connectivity index (χ0) is 16.3. The fraction of sp³-hybridized carbons (Fsp3) is 0.385. The van der Waals surface area contributed by atoms with Crippen LogP contribution in [0.4, 0.5) is 0 Å². The summed E-state index contributed by atoms with van der Waals surface area (Å²) in [6.07, 6.45) is 3.33. The van der Waals surface area contributed by atoms with Gasteiger partial charge in [-0.15, -0.1) is 0 Å². The van der Waals surface area contributed by atoms with E-state index in [-0.39, 0.29) is 18.1 Å². The van der Waals surface area contributed by atoms with E-state index in [1.165, 1.54) is 21.8 Å². The first-order chi connectivity index (χ1) is 10.4. The Hall–Kier alpha value is -2.16. The maximum Gasteiger partial charge on any atom is 0.356 e. The summed E-state index contributed by atoms with van der Waals surface area (Å²) in [5.41, 5.74) is 0.685. The van der Waals surface area contributed by atoms with Gasteiger partial charge in [0, 0.05) is 26.0 Å². The SMILES string of the molecule is CCn1cc(Br)c(CN(C)C(=O)Cn2ccc(C(=O)O)n2)n1. The van der Waals surface area contributed by atoms with Crippen molar-refractivity contribution < 1.29 is 14.7 Å². The zero-order valence-electron chi connectivity index (χ0n) is 12.2. The molecule has 1 amide bonds. The van der Waals surface area contributed by atoms with Gasteiger partial charge < -0.3 is 10.0 Å². The highest BCUT2D eigenvalue weighted by Crippen LogP contribution is 2.16. The molecule has 0 radical (unpaired) electrons.